The summed E-state index contributed by atoms with van der Waals surface area (Å²) in [6, 6.07) is 4.83. The average Bonchev–Trinajstić information content (AvgIpc) is 2.41. The molecule has 0 aliphatic heterocycles. The van der Waals surface area contributed by atoms with Crippen LogP contribution in [0.4, 0.5) is 11.5 Å². The minimum Gasteiger partial charge on any atom is -0.373 e. The van der Waals surface area contributed by atoms with Crippen LogP contribution < -0.4 is 10.0 Å². The van der Waals surface area contributed by atoms with E-state index in [0.29, 0.717) is 11.5 Å². The summed E-state index contributed by atoms with van der Waals surface area (Å²) >= 11 is 0. The van der Waals surface area contributed by atoms with Crippen LogP contribution in [-0.4, -0.2) is 25.4 Å². The van der Waals surface area contributed by atoms with Gasteiger partial charge >= 0.3 is 0 Å². The minimum absolute atomic E-state index is 0.106. The highest BCUT2D eigenvalue weighted by molar-refractivity contribution is 7.92. The summed E-state index contributed by atoms with van der Waals surface area (Å²) in [5.74, 6) is 0.608. The molecule has 2 aromatic heterocycles. The summed E-state index contributed by atoms with van der Waals surface area (Å²) in [5.41, 5.74) is 1.26. The SMILES string of the molecule is CNc1ccc(S(=O)(=O)Nc2cnccc2C)cn1. The number of hydrogen-bond donors (Lipinski definition) is 2. The Morgan fingerprint density at radius 1 is 1.16 bits per heavy atom. The van der Waals surface area contributed by atoms with E-state index in [1.165, 1.54) is 18.5 Å². The van der Waals surface area contributed by atoms with Gasteiger partial charge in [-0.3, -0.25) is 9.71 Å². The Labute approximate surface area is 112 Å². The third-order valence-electron chi connectivity index (χ3n) is 2.59. The molecular weight excluding hydrogens is 264 g/mol. The van der Waals surface area contributed by atoms with Crippen LogP contribution in [0.1, 0.15) is 5.56 Å². The van der Waals surface area contributed by atoms with Crippen molar-refractivity contribution in [2.45, 2.75) is 11.8 Å². The highest BCUT2D eigenvalue weighted by Crippen LogP contribution is 2.18. The van der Waals surface area contributed by atoms with Crippen LogP contribution in [0.15, 0.2) is 41.7 Å². The number of pyridine rings is 2. The second-order valence-corrected chi connectivity index (χ2v) is 5.61. The van der Waals surface area contributed by atoms with Crippen molar-refractivity contribution in [2.75, 3.05) is 17.1 Å². The minimum atomic E-state index is -3.64. The Hall–Kier alpha value is -2.15. The monoisotopic (exact) mass is 278 g/mol. The number of sulfonamides is 1. The molecule has 0 aromatic carbocycles. The van der Waals surface area contributed by atoms with E-state index in [1.807, 2.05) is 6.92 Å². The summed E-state index contributed by atoms with van der Waals surface area (Å²) in [6.45, 7) is 1.81. The van der Waals surface area contributed by atoms with E-state index in [-0.39, 0.29) is 4.90 Å². The van der Waals surface area contributed by atoms with Crippen LogP contribution in [0.5, 0.6) is 0 Å². The van der Waals surface area contributed by atoms with Gasteiger partial charge in [0.15, 0.2) is 0 Å². The van der Waals surface area contributed by atoms with Gasteiger partial charge in [0.25, 0.3) is 10.0 Å². The van der Waals surface area contributed by atoms with Gasteiger partial charge in [0.1, 0.15) is 10.7 Å². The lowest BCUT2D eigenvalue weighted by molar-refractivity contribution is 0.601. The molecule has 0 aliphatic rings. The number of rotatable bonds is 4. The van der Waals surface area contributed by atoms with Crippen LogP contribution in [-0.2, 0) is 10.0 Å². The van der Waals surface area contributed by atoms with Crippen LogP contribution in [0, 0.1) is 6.92 Å². The summed E-state index contributed by atoms with van der Waals surface area (Å²) in [4.78, 5) is 7.99. The maximum atomic E-state index is 12.2. The molecule has 0 fully saturated rings. The van der Waals surface area contributed by atoms with Crippen LogP contribution in [0.2, 0.25) is 0 Å². The number of nitrogens with one attached hydrogen (secondary N) is 2. The van der Waals surface area contributed by atoms with Crippen LogP contribution >= 0.6 is 0 Å². The lowest BCUT2D eigenvalue weighted by Gasteiger charge is -2.09. The van der Waals surface area contributed by atoms with Crippen molar-refractivity contribution < 1.29 is 8.42 Å². The molecule has 0 saturated heterocycles. The van der Waals surface area contributed by atoms with Gasteiger partial charge in [0.05, 0.1) is 11.9 Å². The Balaban J connectivity index is 2.30. The lowest BCUT2D eigenvalue weighted by atomic mass is 10.3. The first-order valence-electron chi connectivity index (χ1n) is 5.60. The molecule has 0 radical (unpaired) electrons. The van der Waals surface area contributed by atoms with Crippen molar-refractivity contribution in [1.82, 2.24) is 9.97 Å². The zero-order valence-corrected chi connectivity index (χ0v) is 11.4. The molecule has 0 bridgehead atoms. The molecule has 2 N–H and O–H groups in total. The predicted octanol–water partition coefficient (Wildman–Crippen LogP) is 1.63. The Morgan fingerprint density at radius 2 is 1.95 bits per heavy atom. The zero-order chi connectivity index (χ0) is 13.9. The van der Waals surface area contributed by atoms with Crippen LogP contribution in [0.3, 0.4) is 0 Å². The van der Waals surface area contributed by atoms with Crippen molar-refractivity contribution >= 4 is 21.5 Å². The molecule has 0 aliphatic carbocycles. The topological polar surface area (TPSA) is 84.0 Å². The van der Waals surface area contributed by atoms with Gasteiger partial charge in [-0.2, -0.15) is 0 Å². The van der Waals surface area contributed by atoms with E-state index >= 15 is 0 Å². The van der Waals surface area contributed by atoms with E-state index in [9.17, 15) is 8.42 Å². The lowest BCUT2D eigenvalue weighted by Crippen LogP contribution is -2.14. The number of aryl methyl sites for hydroxylation is 1. The maximum Gasteiger partial charge on any atom is 0.263 e. The fourth-order valence-corrected chi connectivity index (χ4v) is 2.52. The third kappa shape index (κ3) is 3.00. The smallest absolute Gasteiger partial charge is 0.263 e. The highest BCUT2D eigenvalue weighted by Gasteiger charge is 2.15. The van der Waals surface area contributed by atoms with E-state index in [1.54, 1.807) is 25.4 Å². The quantitative estimate of drug-likeness (QED) is 0.888. The molecule has 100 valence electrons. The van der Waals surface area contributed by atoms with Gasteiger partial charge in [-0.25, -0.2) is 13.4 Å². The molecule has 6 nitrogen and oxygen atoms in total. The van der Waals surface area contributed by atoms with Gasteiger partial charge < -0.3 is 5.32 Å². The second kappa shape index (κ2) is 5.23. The molecule has 0 spiro atoms. The second-order valence-electron chi connectivity index (χ2n) is 3.93. The number of aromatic nitrogens is 2. The number of hydrogen-bond acceptors (Lipinski definition) is 5. The van der Waals surface area contributed by atoms with Gasteiger partial charge in [-0.1, -0.05) is 0 Å². The van der Waals surface area contributed by atoms with E-state index in [2.05, 4.69) is 20.0 Å². The van der Waals surface area contributed by atoms with E-state index in [4.69, 9.17) is 0 Å². The van der Waals surface area contributed by atoms with Gasteiger partial charge in [0.2, 0.25) is 0 Å². The summed E-state index contributed by atoms with van der Waals surface area (Å²) in [5, 5.41) is 2.83. The first-order chi connectivity index (χ1) is 9.03. The Morgan fingerprint density at radius 3 is 2.53 bits per heavy atom. The first kappa shape index (κ1) is 13.3. The predicted molar refractivity (Wildman–Crippen MR) is 73.6 cm³/mol. The van der Waals surface area contributed by atoms with Gasteiger partial charge in [0, 0.05) is 19.4 Å². The fraction of sp³-hybridized carbons (Fsp3) is 0.167. The van der Waals surface area contributed by atoms with Crippen molar-refractivity contribution in [2.24, 2.45) is 0 Å². The largest absolute Gasteiger partial charge is 0.373 e. The van der Waals surface area contributed by atoms with E-state index < -0.39 is 10.0 Å². The molecule has 2 aromatic rings. The van der Waals surface area contributed by atoms with Gasteiger partial charge in [-0.15, -0.1) is 0 Å². The molecule has 0 unspecified atom stereocenters. The van der Waals surface area contributed by atoms with Crippen LogP contribution in [0.25, 0.3) is 0 Å². The first-order valence-corrected chi connectivity index (χ1v) is 7.08. The van der Waals surface area contributed by atoms with Crippen molar-refractivity contribution in [3.8, 4) is 0 Å². The molecule has 0 atom stereocenters. The standard InChI is InChI=1S/C12H14N4O2S/c1-9-5-6-14-8-11(9)16-19(17,18)10-3-4-12(13-2)15-7-10/h3-8,16H,1-2H3,(H,13,15). The normalized spacial score (nSPS) is 11.1. The summed E-state index contributed by atoms with van der Waals surface area (Å²) in [7, 11) is -1.93. The zero-order valence-electron chi connectivity index (χ0n) is 10.6. The summed E-state index contributed by atoms with van der Waals surface area (Å²) in [6.07, 6.45) is 4.39. The molecule has 19 heavy (non-hydrogen) atoms. The number of anilines is 2. The molecule has 0 amide bonds. The number of nitrogens with zero attached hydrogens (tertiary/aromatic N) is 2. The average molecular weight is 278 g/mol. The van der Waals surface area contributed by atoms with Crippen molar-refractivity contribution in [3.63, 3.8) is 0 Å². The van der Waals surface area contributed by atoms with Crippen molar-refractivity contribution in [3.05, 3.63) is 42.4 Å². The molecule has 7 heteroatoms. The Bertz CT molecular complexity index is 668. The third-order valence-corrected chi connectivity index (χ3v) is 3.94. The maximum absolute atomic E-state index is 12.2. The molecule has 0 saturated carbocycles. The Kier molecular flexibility index (Phi) is 3.66. The molecular formula is C12H14N4O2S. The molecule has 2 rings (SSSR count). The highest BCUT2D eigenvalue weighted by atomic mass is 32.2. The van der Waals surface area contributed by atoms with Gasteiger partial charge in [-0.05, 0) is 30.7 Å². The van der Waals surface area contributed by atoms with Crippen molar-refractivity contribution in [1.29, 1.82) is 0 Å². The molecule has 2 heterocycles. The fourth-order valence-electron chi connectivity index (χ4n) is 1.46. The summed E-state index contributed by atoms with van der Waals surface area (Å²) < 4.78 is 26.8. The van der Waals surface area contributed by atoms with E-state index in [0.717, 1.165) is 5.56 Å².